The van der Waals surface area contributed by atoms with Gasteiger partial charge in [0.25, 0.3) is 5.91 Å². The Morgan fingerprint density at radius 2 is 2.17 bits per heavy atom. The summed E-state index contributed by atoms with van der Waals surface area (Å²) < 4.78 is 1.60. The van der Waals surface area contributed by atoms with Crippen molar-refractivity contribution in [3.05, 3.63) is 18.0 Å². The quantitative estimate of drug-likeness (QED) is 0.740. The Morgan fingerprint density at radius 1 is 1.44 bits per heavy atom. The van der Waals surface area contributed by atoms with Crippen molar-refractivity contribution in [2.24, 2.45) is 13.0 Å². The lowest BCUT2D eigenvalue weighted by atomic mass is 10.1. The van der Waals surface area contributed by atoms with Crippen LogP contribution in [-0.4, -0.2) is 58.6 Å². The fourth-order valence-electron chi connectivity index (χ4n) is 2.20. The summed E-state index contributed by atoms with van der Waals surface area (Å²) in [6.07, 6.45) is 2.47. The molecule has 6 nitrogen and oxygen atoms in total. The minimum absolute atomic E-state index is 0.0762. The maximum atomic E-state index is 12.1. The van der Waals surface area contributed by atoms with Gasteiger partial charge in [0.1, 0.15) is 5.69 Å². The molecule has 1 aliphatic heterocycles. The molecule has 2 rings (SSSR count). The molecule has 1 atom stereocenters. The Balaban J connectivity index is 2.01. The minimum Gasteiger partial charge on any atom is -0.349 e. The summed E-state index contributed by atoms with van der Waals surface area (Å²) in [4.78, 5) is 27.2. The summed E-state index contributed by atoms with van der Waals surface area (Å²) in [5.41, 5.74) is 0.440. The van der Waals surface area contributed by atoms with Gasteiger partial charge in [0, 0.05) is 40.4 Å². The lowest BCUT2D eigenvalue weighted by Crippen LogP contribution is -2.34. The number of carbonyl (C=O) groups excluding carboxylic acids is 2. The van der Waals surface area contributed by atoms with Gasteiger partial charge >= 0.3 is 0 Å². The van der Waals surface area contributed by atoms with Crippen LogP contribution in [0.1, 0.15) is 16.9 Å². The largest absolute Gasteiger partial charge is 0.349 e. The van der Waals surface area contributed by atoms with Crippen LogP contribution < -0.4 is 0 Å². The van der Waals surface area contributed by atoms with E-state index in [0.29, 0.717) is 18.8 Å². The van der Waals surface area contributed by atoms with E-state index in [0.717, 1.165) is 6.42 Å². The van der Waals surface area contributed by atoms with Crippen LogP contribution in [0.25, 0.3) is 0 Å². The Labute approximate surface area is 106 Å². The molecule has 1 unspecified atom stereocenters. The number of aromatic nitrogens is 2. The van der Waals surface area contributed by atoms with Crippen molar-refractivity contribution in [1.29, 1.82) is 0 Å². The second kappa shape index (κ2) is 4.80. The van der Waals surface area contributed by atoms with Crippen LogP contribution in [0.5, 0.6) is 0 Å². The molecule has 1 saturated heterocycles. The predicted molar refractivity (Wildman–Crippen MR) is 65.9 cm³/mol. The molecule has 1 aromatic heterocycles. The first-order valence-corrected chi connectivity index (χ1v) is 5.99. The van der Waals surface area contributed by atoms with Crippen molar-refractivity contribution in [2.45, 2.75) is 6.42 Å². The number of amides is 2. The molecule has 1 aromatic rings. The SMILES string of the molecule is CN(C)C(=O)C1CCN(C(=O)c2ccn(C)n2)C1. The first kappa shape index (κ1) is 12.6. The van der Waals surface area contributed by atoms with Gasteiger partial charge in [-0.2, -0.15) is 5.10 Å². The third-order valence-corrected chi connectivity index (χ3v) is 3.20. The summed E-state index contributed by atoms with van der Waals surface area (Å²) in [5.74, 6) is -0.0800. The van der Waals surface area contributed by atoms with E-state index in [1.165, 1.54) is 0 Å². The van der Waals surface area contributed by atoms with Gasteiger partial charge in [-0.15, -0.1) is 0 Å². The average molecular weight is 250 g/mol. The molecule has 2 heterocycles. The maximum Gasteiger partial charge on any atom is 0.274 e. The molecular weight excluding hydrogens is 232 g/mol. The topological polar surface area (TPSA) is 58.4 Å². The van der Waals surface area contributed by atoms with Crippen molar-refractivity contribution in [2.75, 3.05) is 27.2 Å². The van der Waals surface area contributed by atoms with Crippen LogP contribution in [0.2, 0.25) is 0 Å². The van der Waals surface area contributed by atoms with E-state index >= 15 is 0 Å². The third kappa shape index (κ3) is 2.37. The van der Waals surface area contributed by atoms with Gasteiger partial charge in [0.2, 0.25) is 5.91 Å². The van der Waals surface area contributed by atoms with Gasteiger partial charge in [-0.25, -0.2) is 0 Å². The summed E-state index contributed by atoms with van der Waals surface area (Å²) in [6.45, 7) is 1.12. The van der Waals surface area contributed by atoms with Crippen LogP contribution in [-0.2, 0) is 11.8 Å². The lowest BCUT2D eigenvalue weighted by molar-refractivity contribution is -0.132. The Morgan fingerprint density at radius 3 is 2.72 bits per heavy atom. The molecular formula is C12H18N4O2. The van der Waals surface area contributed by atoms with E-state index < -0.39 is 0 Å². The lowest BCUT2D eigenvalue weighted by Gasteiger charge is -2.17. The normalized spacial score (nSPS) is 19.1. The summed E-state index contributed by atoms with van der Waals surface area (Å²) in [7, 11) is 5.26. The fraction of sp³-hybridized carbons (Fsp3) is 0.583. The van der Waals surface area contributed by atoms with E-state index in [4.69, 9.17) is 0 Å². The van der Waals surface area contributed by atoms with Crippen molar-refractivity contribution < 1.29 is 9.59 Å². The number of hydrogen-bond donors (Lipinski definition) is 0. The highest BCUT2D eigenvalue weighted by atomic mass is 16.2. The first-order valence-electron chi connectivity index (χ1n) is 5.99. The zero-order chi connectivity index (χ0) is 13.3. The Bertz CT molecular complexity index is 466. The van der Waals surface area contributed by atoms with E-state index in [1.54, 1.807) is 47.9 Å². The molecule has 0 saturated carbocycles. The fourth-order valence-corrected chi connectivity index (χ4v) is 2.20. The average Bonchev–Trinajstić information content (AvgIpc) is 2.95. The monoisotopic (exact) mass is 250 g/mol. The van der Waals surface area contributed by atoms with Gasteiger partial charge < -0.3 is 9.80 Å². The second-order valence-electron chi connectivity index (χ2n) is 4.84. The molecule has 2 amide bonds. The van der Waals surface area contributed by atoms with Crippen molar-refractivity contribution >= 4 is 11.8 Å². The molecule has 18 heavy (non-hydrogen) atoms. The molecule has 1 fully saturated rings. The predicted octanol–water partition coefficient (Wildman–Crippen LogP) is -0.0296. The maximum absolute atomic E-state index is 12.1. The molecule has 0 aliphatic carbocycles. The van der Waals surface area contributed by atoms with Crippen LogP contribution in [0, 0.1) is 5.92 Å². The van der Waals surface area contributed by atoms with Crippen LogP contribution >= 0.6 is 0 Å². The first-order chi connectivity index (χ1) is 8.49. The number of likely N-dealkylation sites (tertiary alicyclic amines) is 1. The highest BCUT2D eigenvalue weighted by molar-refractivity contribution is 5.93. The van der Waals surface area contributed by atoms with Crippen LogP contribution in [0.4, 0.5) is 0 Å². The van der Waals surface area contributed by atoms with Gasteiger partial charge in [0.15, 0.2) is 0 Å². The number of rotatable bonds is 2. The highest BCUT2D eigenvalue weighted by Gasteiger charge is 2.32. The number of aryl methyl sites for hydroxylation is 1. The standard InChI is InChI=1S/C12H18N4O2/c1-14(2)11(17)9-4-7-16(8-9)12(18)10-5-6-15(3)13-10/h5-6,9H,4,7-8H2,1-3H3. The molecule has 1 aliphatic rings. The number of hydrogen-bond acceptors (Lipinski definition) is 3. The van der Waals surface area contributed by atoms with Crippen molar-refractivity contribution in [3.8, 4) is 0 Å². The second-order valence-corrected chi connectivity index (χ2v) is 4.84. The molecule has 0 aromatic carbocycles. The van der Waals surface area contributed by atoms with Crippen molar-refractivity contribution in [3.63, 3.8) is 0 Å². The third-order valence-electron chi connectivity index (χ3n) is 3.20. The van der Waals surface area contributed by atoms with E-state index in [9.17, 15) is 9.59 Å². The number of nitrogens with zero attached hydrogens (tertiary/aromatic N) is 4. The van der Waals surface area contributed by atoms with E-state index in [-0.39, 0.29) is 17.7 Å². The Hall–Kier alpha value is -1.85. The molecule has 0 spiro atoms. The van der Waals surface area contributed by atoms with Crippen LogP contribution in [0.3, 0.4) is 0 Å². The minimum atomic E-state index is -0.0929. The van der Waals surface area contributed by atoms with Gasteiger partial charge in [-0.05, 0) is 12.5 Å². The number of carbonyl (C=O) groups is 2. The van der Waals surface area contributed by atoms with Crippen molar-refractivity contribution in [1.82, 2.24) is 19.6 Å². The molecule has 6 heteroatoms. The highest BCUT2D eigenvalue weighted by Crippen LogP contribution is 2.19. The zero-order valence-electron chi connectivity index (χ0n) is 11.0. The van der Waals surface area contributed by atoms with E-state index in [2.05, 4.69) is 5.10 Å². The Kier molecular flexibility index (Phi) is 3.36. The molecule has 98 valence electrons. The van der Waals surface area contributed by atoms with Gasteiger partial charge in [-0.3, -0.25) is 14.3 Å². The zero-order valence-corrected chi connectivity index (χ0v) is 11.0. The van der Waals surface area contributed by atoms with Crippen LogP contribution in [0.15, 0.2) is 12.3 Å². The van der Waals surface area contributed by atoms with Gasteiger partial charge in [0.05, 0.1) is 5.92 Å². The molecule has 0 N–H and O–H groups in total. The summed E-state index contributed by atoms with van der Waals surface area (Å²) in [6, 6.07) is 1.70. The van der Waals surface area contributed by atoms with Gasteiger partial charge in [-0.1, -0.05) is 0 Å². The summed E-state index contributed by atoms with van der Waals surface area (Å²) in [5, 5.41) is 4.09. The smallest absolute Gasteiger partial charge is 0.274 e. The van der Waals surface area contributed by atoms with E-state index in [1.807, 2.05) is 0 Å². The molecule has 0 radical (unpaired) electrons. The summed E-state index contributed by atoms with van der Waals surface area (Å²) >= 11 is 0. The molecule has 0 bridgehead atoms.